The fourth-order valence-corrected chi connectivity index (χ4v) is 2.83. The summed E-state index contributed by atoms with van der Waals surface area (Å²) < 4.78 is 94.8. The van der Waals surface area contributed by atoms with Gasteiger partial charge in [-0.3, -0.25) is 5.32 Å². The van der Waals surface area contributed by atoms with E-state index in [9.17, 15) is 45.8 Å². The lowest BCUT2D eigenvalue weighted by Crippen LogP contribution is -2.68. The van der Waals surface area contributed by atoms with E-state index in [4.69, 9.17) is 4.74 Å². The van der Waals surface area contributed by atoms with Crippen LogP contribution in [0.15, 0.2) is 54.6 Å². The van der Waals surface area contributed by atoms with Gasteiger partial charge >= 0.3 is 36.0 Å². The standard InChI is InChI=1S/C21H18F6N2O7/c1-34-15(30)18(33,20(22,23)24)12-8-10-13(11-9-12)28-17(32)29-19(16(31)35-2,21(25,26)27)36-14-6-4-3-5-7-14/h3-11,33H,1-2H3,(H2,28,29,32)/t18-,19-/m1/s1. The molecule has 2 rings (SSSR count). The Kier molecular flexibility index (Phi) is 8.09. The fourth-order valence-electron chi connectivity index (χ4n) is 2.83. The Morgan fingerprint density at radius 1 is 0.778 bits per heavy atom. The Labute approximate surface area is 198 Å². The normalized spacial score (nSPS) is 15.0. The van der Waals surface area contributed by atoms with Crippen LogP contribution in [0.3, 0.4) is 0 Å². The number of halogens is 6. The molecule has 0 aromatic heterocycles. The minimum atomic E-state index is -5.54. The number of aliphatic hydroxyl groups is 1. The second kappa shape index (κ2) is 10.3. The first-order valence-corrected chi connectivity index (χ1v) is 9.58. The molecular weight excluding hydrogens is 506 g/mol. The number of hydrogen-bond acceptors (Lipinski definition) is 7. The van der Waals surface area contributed by atoms with Crippen LogP contribution in [0.5, 0.6) is 5.75 Å². The van der Waals surface area contributed by atoms with E-state index in [0.29, 0.717) is 26.4 Å². The fraction of sp³-hybridized carbons (Fsp3) is 0.286. The number of rotatable bonds is 7. The van der Waals surface area contributed by atoms with Crippen molar-refractivity contribution in [2.24, 2.45) is 0 Å². The Bertz CT molecular complexity index is 1090. The second-order valence-corrected chi connectivity index (χ2v) is 6.94. The van der Waals surface area contributed by atoms with Gasteiger partial charge in [-0.1, -0.05) is 30.3 Å². The number of ether oxygens (including phenoxy) is 3. The van der Waals surface area contributed by atoms with Crippen LogP contribution >= 0.6 is 0 Å². The maximum absolute atomic E-state index is 14.0. The molecule has 0 saturated heterocycles. The minimum absolute atomic E-state index is 0.383. The summed E-state index contributed by atoms with van der Waals surface area (Å²) in [5, 5.41) is 13.2. The predicted molar refractivity (Wildman–Crippen MR) is 108 cm³/mol. The van der Waals surface area contributed by atoms with Gasteiger partial charge in [0.15, 0.2) is 0 Å². The first kappa shape index (κ1) is 28.2. The maximum Gasteiger partial charge on any atom is 0.460 e. The molecule has 2 amide bonds. The maximum atomic E-state index is 14.0. The average molecular weight is 524 g/mol. The quantitative estimate of drug-likeness (QED) is 0.289. The van der Waals surface area contributed by atoms with E-state index < -0.39 is 53.0 Å². The monoisotopic (exact) mass is 524 g/mol. The summed E-state index contributed by atoms with van der Waals surface area (Å²) in [4.78, 5) is 36.1. The molecule has 2 aromatic carbocycles. The highest BCUT2D eigenvalue weighted by molar-refractivity contribution is 5.94. The van der Waals surface area contributed by atoms with Gasteiger partial charge in [0, 0.05) is 11.3 Å². The van der Waals surface area contributed by atoms with Gasteiger partial charge in [-0.2, -0.15) is 26.3 Å². The Balaban J connectivity index is 2.35. The molecule has 0 fully saturated rings. The van der Waals surface area contributed by atoms with Crippen LogP contribution in [0.1, 0.15) is 5.56 Å². The van der Waals surface area contributed by atoms with E-state index in [-0.39, 0.29) is 5.69 Å². The molecule has 15 heteroatoms. The lowest BCUT2D eigenvalue weighted by molar-refractivity contribution is -0.266. The van der Waals surface area contributed by atoms with Crippen LogP contribution in [0.2, 0.25) is 0 Å². The summed E-state index contributed by atoms with van der Waals surface area (Å²) in [5.41, 5.74) is -9.44. The molecule has 0 saturated carbocycles. The summed E-state index contributed by atoms with van der Waals surface area (Å²) in [6, 6.07) is 7.19. The number of carbonyl (C=O) groups is 3. The number of nitrogens with one attached hydrogen (secondary N) is 2. The van der Waals surface area contributed by atoms with Gasteiger partial charge in [0.25, 0.3) is 5.60 Å². The molecule has 2 atom stereocenters. The molecule has 0 radical (unpaired) electrons. The predicted octanol–water partition coefficient (Wildman–Crippen LogP) is 3.24. The Morgan fingerprint density at radius 3 is 1.75 bits per heavy atom. The number of para-hydroxylation sites is 1. The first-order valence-electron chi connectivity index (χ1n) is 9.58. The SMILES string of the molecule is COC(=O)[C@@](NC(=O)Nc1ccc([C@@](O)(C(=O)OC)C(F)(F)F)cc1)(Oc1ccccc1)C(F)(F)F. The van der Waals surface area contributed by atoms with E-state index in [1.54, 1.807) is 0 Å². The van der Waals surface area contributed by atoms with Crippen molar-refractivity contribution in [3.63, 3.8) is 0 Å². The van der Waals surface area contributed by atoms with E-state index in [0.717, 1.165) is 24.3 Å². The first-order chi connectivity index (χ1) is 16.6. The summed E-state index contributed by atoms with van der Waals surface area (Å²) in [6.07, 6.45) is -11.0. The number of carbonyl (C=O) groups excluding carboxylic acids is 3. The highest BCUT2D eigenvalue weighted by Crippen LogP contribution is 2.40. The number of hydrogen-bond donors (Lipinski definition) is 3. The molecular formula is C21H18F6N2O7. The van der Waals surface area contributed by atoms with Crippen LogP contribution < -0.4 is 15.4 Å². The zero-order valence-electron chi connectivity index (χ0n) is 18.4. The van der Waals surface area contributed by atoms with Crippen molar-refractivity contribution >= 4 is 23.7 Å². The molecule has 36 heavy (non-hydrogen) atoms. The van der Waals surface area contributed by atoms with Crippen molar-refractivity contribution in [1.82, 2.24) is 5.32 Å². The number of benzene rings is 2. The molecule has 2 aromatic rings. The number of methoxy groups -OCH3 is 2. The minimum Gasteiger partial charge on any atom is -0.466 e. The number of esters is 2. The van der Waals surface area contributed by atoms with Gasteiger partial charge in [0.2, 0.25) is 0 Å². The molecule has 0 aliphatic rings. The van der Waals surface area contributed by atoms with Gasteiger partial charge in [-0.15, -0.1) is 0 Å². The number of urea groups is 1. The molecule has 0 aliphatic carbocycles. The van der Waals surface area contributed by atoms with E-state index in [2.05, 4.69) is 9.47 Å². The van der Waals surface area contributed by atoms with Crippen molar-refractivity contribution < 1.29 is 60.0 Å². The molecule has 3 N–H and O–H groups in total. The summed E-state index contributed by atoms with van der Waals surface area (Å²) in [7, 11) is 1.24. The third-order valence-corrected chi connectivity index (χ3v) is 4.63. The zero-order valence-corrected chi connectivity index (χ0v) is 18.4. The van der Waals surface area contributed by atoms with Gasteiger partial charge in [-0.25, -0.2) is 14.4 Å². The molecule has 9 nitrogen and oxygen atoms in total. The highest BCUT2D eigenvalue weighted by Gasteiger charge is 2.66. The van der Waals surface area contributed by atoms with Crippen molar-refractivity contribution in [3.8, 4) is 5.75 Å². The lowest BCUT2D eigenvalue weighted by Gasteiger charge is -2.33. The highest BCUT2D eigenvalue weighted by atomic mass is 19.4. The van der Waals surface area contributed by atoms with Gasteiger partial charge < -0.3 is 24.6 Å². The molecule has 0 bridgehead atoms. The van der Waals surface area contributed by atoms with Crippen molar-refractivity contribution in [2.75, 3.05) is 19.5 Å². The molecule has 0 unspecified atom stereocenters. The Hall–Kier alpha value is -4.01. The summed E-state index contributed by atoms with van der Waals surface area (Å²) in [5.74, 6) is -4.53. The van der Waals surface area contributed by atoms with Crippen LogP contribution in [0.4, 0.5) is 36.8 Å². The van der Waals surface area contributed by atoms with E-state index in [1.807, 2.05) is 5.32 Å². The zero-order chi connectivity index (χ0) is 27.4. The second-order valence-electron chi connectivity index (χ2n) is 6.94. The van der Waals surface area contributed by atoms with E-state index >= 15 is 0 Å². The third kappa shape index (κ3) is 5.45. The van der Waals surface area contributed by atoms with Crippen LogP contribution in [0, 0.1) is 0 Å². The Morgan fingerprint density at radius 2 is 1.31 bits per heavy atom. The smallest absolute Gasteiger partial charge is 0.460 e. The molecule has 0 heterocycles. The lowest BCUT2D eigenvalue weighted by atomic mass is 9.93. The topological polar surface area (TPSA) is 123 Å². The third-order valence-electron chi connectivity index (χ3n) is 4.63. The average Bonchev–Trinajstić information content (AvgIpc) is 2.81. The van der Waals surface area contributed by atoms with Crippen LogP contribution in [0.25, 0.3) is 0 Å². The summed E-state index contributed by atoms with van der Waals surface area (Å²) >= 11 is 0. The van der Waals surface area contributed by atoms with Crippen molar-refractivity contribution in [1.29, 1.82) is 0 Å². The van der Waals surface area contributed by atoms with Gasteiger partial charge in [-0.05, 0) is 24.3 Å². The largest absolute Gasteiger partial charge is 0.466 e. The summed E-state index contributed by atoms with van der Waals surface area (Å²) in [6.45, 7) is 0. The molecule has 0 spiro atoms. The number of alkyl halides is 6. The van der Waals surface area contributed by atoms with Crippen LogP contribution in [-0.2, 0) is 24.7 Å². The van der Waals surface area contributed by atoms with Gasteiger partial charge in [0.1, 0.15) is 5.75 Å². The van der Waals surface area contributed by atoms with Crippen molar-refractivity contribution in [2.45, 2.75) is 23.7 Å². The van der Waals surface area contributed by atoms with Gasteiger partial charge in [0.05, 0.1) is 14.2 Å². The van der Waals surface area contributed by atoms with E-state index in [1.165, 1.54) is 23.5 Å². The molecule has 196 valence electrons. The number of anilines is 1. The molecule has 0 aliphatic heterocycles. The van der Waals surface area contributed by atoms with Crippen molar-refractivity contribution in [3.05, 3.63) is 60.2 Å². The van der Waals surface area contributed by atoms with Crippen LogP contribution in [-0.4, -0.2) is 55.4 Å². The number of amides is 2.